The van der Waals surface area contributed by atoms with Gasteiger partial charge in [-0.3, -0.25) is 4.79 Å². The second-order valence-corrected chi connectivity index (χ2v) is 5.19. The minimum Gasteiger partial charge on any atom is -0.481 e. The van der Waals surface area contributed by atoms with Crippen LogP contribution >= 0.6 is 0 Å². The van der Waals surface area contributed by atoms with Crippen LogP contribution in [0.3, 0.4) is 0 Å². The number of carboxylic acid groups (broad SMARTS) is 2. The number of aliphatic imine (C=N–C) groups is 1. The smallest absolute Gasteiger partial charge is 0.331 e. The average molecular weight is 265 g/mol. The minimum absolute atomic E-state index is 0.0450. The van der Waals surface area contributed by atoms with Crippen molar-refractivity contribution in [3.63, 3.8) is 0 Å². The Morgan fingerprint density at radius 3 is 2.42 bits per heavy atom. The average Bonchev–Trinajstić information content (AvgIpc) is 2.28. The molecule has 1 rings (SSSR count). The summed E-state index contributed by atoms with van der Waals surface area (Å²) in [6.45, 7) is 4.59. The lowest BCUT2D eigenvalue weighted by molar-refractivity contribution is -0.145. The highest BCUT2D eigenvalue weighted by Crippen LogP contribution is 2.38. The van der Waals surface area contributed by atoms with E-state index < -0.39 is 22.9 Å². The molecule has 0 saturated heterocycles. The Labute approximate surface area is 110 Å². The Bertz CT molecular complexity index is 537. The molecule has 6 heteroatoms. The summed E-state index contributed by atoms with van der Waals surface area (Å²) >= 11 is 0. The van der Waals surface area contributed by atoms with Crippen molar-refractivity contribution < 1.29 is 24.6 Å². The number of carboxylic acids is 2. The maximum Gasteiger partial charge on any atom is 0.331 e. The van der Waals surface area contributed by atoms with Gasteiger partial charge in [-0.15, -0.1) is 0 Å². The molecule has 2 N–H and O–H groups in total. The number of aliphatic carboxylic acids is 2. The molecule has 1 aliphatic carbocycles. The third-order valence-electron chi connectivity index (χ3n) is 3.22. The first-order valence-electron chi connectivity index (χ1n) is 5.62. The lowest BCUT2D eigenvalue weighted by atomic mass is 9.74. The molecule has 0 aromatic heterocycles. The fourth-order valence-electron chi connectivity index (χ4n) is 1.97. The van der Waals surface area contributed by atoms with Crippen LogP contribution in [0.1, 0.15) is 27.2 Å². The normalized spacial score (nSPS) is 22.9. The van der Waals surface area contributed by atoms with Crippen molar-refractivity contribution in [2.45, 2.75) is 32.7 Å². The van der Waals surface area contributed by atoms with Gasteiger partial charge in [0.1, 0.15) is 0 Å². The van der Waals surface area contributed by atoms with E-state index in [0.29, 0.717) is 5.57 Å². The lowest BCUT2D eigenvalue weighted by Crippen LogP contribution is -2.33. The predicted octanol–water partition coefficient (Wildman–Crippen LogP) is 1.53. The molecule has 1 atom stereocenters. The largest absolute Gasteiger partial charge is 0.481 e. The third-order valence-corrected chi connectivity index (χ3v) is 3.22. The van der Waals surface area contributed by atoms with Gasteiger partial charge >= 0.3 is 11.9 Å². The van der Waals surface area contributed by atoms with Crippen molar-refractivity contribution in [2.75, 3.05) is 0 Å². The van der Waals surface area contributed by atoms with Crippen LogP contribution in [-0.4, -0.2) is 33.8 Å². The molecule has 0 bridgehead atoms. The van der Waals surface area contributed by atoms with Crippen LogP contribution in [0.4, 0.5) is 0 Å². The molecule has 1 unspecified atom stereocenters. The van der Waals surface area contributed by atoms with Crippen LogP contribution in [0.2, 0.25) is 0 Å². The zero-order chi connectivity index (χ0) is 14.8. The molecule has 0 aromatic rings. The van der Waals surface area contributed by atoms with Crippen molar-refractivity contribution >= 4 is 18.0 Å². The molecule has 0 spiro atoms. The first-order chi connectivity index (χ1) is 8.64. The zero-order valence-electron chi connectivity index (χ0n) is 10.9. The zero-order valence-corrected chi connectivity index (χ0v) is 10.9. The lowest BCUT2D eigenvalue weighted by Gasteiger charge is -2.30. The van der Waals surface area contributed by atoms with E-state index in [1.807, 2.05) is 0 Å². The highest BCUT2D eigenvalue weighted by atomic mass is 16.4. The van der Waals surface area contributed by atoms with Crippen LogP contribution < -0.4 is 0 Å². The van der Waals surface area contributed by atoms with Crippen LogP contribution in [0.15, 0.2) is 28.3 Å². The molecular formula is C13H15NO5. The molecule has 102 valence electrons. The van der Waals surface area contributed by atoms with Crippen LogP contribution in [0, 0.1) is 5.41 Å². The second-order valence-electron chi connectivity index (χ2n) is 5.19. The summed E-state index contributed by atoms with van der Waals surface area (Å²) in [4.78, 5) is 36.5. The van der Waals surface area contributed by atoms with Gasteiger partial charge in [-0.2, -0.15) is 4.99 Å². The highest BCUT2D eigenvalue weighted by molar-refractivity contribution is 5.92. The molecule has 0 aromatic carbocycles. The SMILES string of the molecule is CC1(C(=O)O)C=CC(C(C)(C)N=C=O)=C(C(=O)O)C1. The first-order valence-corrected chi connectivity index (χ1v) is 5.62. The summed E-state index contributed by atoms with van der Waals surface area (Å²) in [7, 11) is 0. The number of nitrogens with zero attached hydrogens (tertiary/aromatic N) is 1. The van der Waals surface area contributed by atoms with E-state index in [1.165, 1.54) is 25.2 Å². The Kier molecular flexibility index (Phi) is 3.77. The number of isocyanates is 1. The summed E-state index contributed by atoms with van der Waals surface area (Å²) < 4.78 is 0. The first kappa shape index (κ1) is 14.9. The molecule has 19 heavy (non-hydrogen) atoms. The van der Waals surface area contributed by atoms with Gasteiger partial charge in [-0.1, -0.05) is 12.2 Å². The molecule has 1 aliphatic rings. The Morgan fingerprint density at radius 1 is 1.42 bits per heavy atom. The van der Waals surface area contributed by atoms with E-state index in [0.717, 1.165) is 0 Å². The monoisotopic (exact) mass is 265 g/mol. The van der Waals surface area contributed by atoms with Gasteiger partial charge in [0.15, 0.2) is 0 Å². The number of hydrogen-bond acceptors (Lipinski definition) is 4. The third kappa shape index (κ3) is 2.80. The number of carbonyl (C=O) groups excluding carboxylic acids is 1. The van der Waals surface area contributed by atoms with Crippen LogP contribution in [0.5, 0.6) is 0 Å². The van der Waals surface area contributed by atoms with Gasteiger partial charge in [0.25, 0.3) is 0 Å². The molecule has 0 heterocycles. The summed E-state index contributed by atoms with van der Waals surface area (Å²) in [6, 6.07) is 0. The topological polar surface area (TPSA) is 104 Å². The molecular weight excluding hydrogens is 250 g/mol. The van der Waals surface area contributed by atoms with Crippen LogP contribution in [-0.2, 0) is 14.4 Å². The molecule has 0 aliphatic heterocycles. The molecule has 0 radical (unpaired) electrons. The Hall–Kier alpha value is -2.20. The van der Waals surface area contributed by atoms with Crippen molar-refractivity contribution in [2.24, 2.45) is 10.4 Å². The summed E-state index contributed by atoms with van der Waals surface area (Å²) in [5.74, 6) is -2.31. The van der Waals surface area contributed by atoms with E-state index in [9.17, 15) is 19.5 Å². The van der Waals surface area contributed by atoms with Gasteiger partial charge in [0.2, 0.25) is 6.08 Å². The molecule has 0 amide bonds. The fourth-order valence-corrected chi connectivity index (χ4v) is 1.97. The van der Waals surface area contributed by atoms with E-state index in [-0.39, 0.29) is 12.0 Å². The summed E-state index contributed by atoms with van der Waals surface area (Å²) in [6.07, 6.45) is 4.10. The van der Waals surface area contributed by atoms with Gasteiger partial charge in [0, 0.05) is 5.57 Å². The Balaban J connectivity index is 3.38. The summed E-state index contributed by atoms with van der Waals surface area (Å²) in [5, 5.41) is 18.4. The number of hydrogen-bond donors (Lipinski definition) is 2. The maximum absolute atomic E-state index is 11.3. The molecule has 6 nitrogen and oxygen atoms in total. The van der Waals surface area contributed by atoms with Gasteiger partial charge in [-0.25, -0.2) is 9.59 Å². The van der Waals surface area contributed by atoms with E-state index in [2.05, 4.69) is 4.99 Å². The van der Waals surface area contributed by atoms with E-state index in [4.69, 9.17) is 5.11 Å². The quantitative estimate of drug-likeness (QED) is 0.592. The highest BCUT2D eigenvalue weighted by Gasteiger charge is 2.39. The second kappa shape index (κ2) is 4.82. The Morgan fingerprint density at radius 2 is 2.00 bits per heavy atom. The molecule has 0 fully saturated rings. The van der Waals surface area contributed by atoms with Crippen molar-refractivity contribution in [1.29, 1.82) is 0 Å². The standard InChI is InChI=1S/C13H15NO5/c1-12(2,14-7-15)9-4-5-13(3,11(18)19)6-8(9)10(16)17/h4-5H,6H2,1-3H3,(H,16,17)(H,18,19). The minimum atomic E-state index is -1.27. The number of rotatable bonds is 4. The van der Waals surface area contributed by atoms with E-state index >= 15 is 0 Å². The van der Waals surface area contributed by atoms with Crippen LogP contribution in [0.25, 0.3) is 0 Å². The summed E-state index contributed by atoms with van der Waals surface area (Å²) in [5.41, 5.74) is -2.04. The van der Waals surface area contributed by atoms with Gasteiger partial charge in [0.05, 0.1) is 11.0 Å². The van der Waals surface area contributed by atoms with Gasteiger partial charge < -0.3 is 10.2 Å². The maximum atomic E-state index is 11.3. The van der Waals surface area contributed by atoms with Crippen molar-refractivity contribution in [1.82, 2.24) is 0 Å². The molecule has 0 saturated carbocycles. The predicted molar refractivity (Wildman–Crippen MR) is 66.4 cm³/mol. The number of carbonyl (C=O) groups is 2. The van der Waals surface area contributed by atoms with Gasteiger partial charge in [-0.05, 0) is 32.8 Å². The van der Waals surface area contributed by atoms with E-state index in [1.54, 1.807) is 13.8 Å². The van der Waals surface area contributed by atoms with Crippen molar-refractivity contribution in [3.8, 4) is 0 Å². The fraction of sp³-hybridized carbons (Fsp3) is 0.462. The van der Waals surface area contributed by atoms with Crippen molar-refractivity contribution in [3.05, 3.63) is 23.3 Å².